The molecule has 0 spiro atoms. The molecule has 7 heteroatoms. The van der Waals surface area contributed by atoms with Crippen molar-refractivity contribution in [3.05, 3.63) is 70.8 Å². The molecule has 1 saturated heterocycles. The predicted octanol–water partition coefficient (Wildman–Crippen LogP) is 2.78. The maximum atomic E-state index is 12.7. The van der Waals surface area contributed by atoms with Crippen molar-refractivity contribution in [1.82, 2.24) is 19.9 Å². The summed E-state index contributed by atoms with van der Waals surface area (Å²) in [6, 6.07) is 13.4. The second-order valence-corrected chi connectivity index (χ2v) is 8.28. The molecule has 1 atom stereocenters. The second-order valence-electron chi connectivity index (χ2n) is 8.28. The first-order valence-electron chi connectivity index (χ1n) is 10.0. The van der Waals surface area contributed by atoms with E-state index < -0.39 is 0 Å². The quantitative estimate of drug-likeness (QED) is 0.720. The van der Waals surface area contributed by atoms with Gasteiger partial charge < -0.3 is 15.0 Å². The lowest BCUT2D eigenvalue weighted by atomic mass is 9.94. The number of aromatic nitrogens is 3. The molecular formula is C23H27N5O2. The Morgan fingerprint density at radius 2 is 1.90 bits per heavy atom. The van der Waals surface area contributed by atoms with Gasteiger partial charge in [0.1, 0.15) is 5.75 Å². The SMILES string of the molecule is COc1ccccc1C1CN(c2nc(-c3ccncc3)cc(=O)n2C)CC(C)(C)N1. The highest BCUT2D eigenvalue weighted by molar-refractivity contribution is 5.59. The minimum absolute atomic E-state index is 0.0337. The van der Waals surface area contributed by atoms with Crippen molar-refractivity contribution in [1.29, 1.82) is 0 Å². The third-order valence-corrected chi connectivity index (χ3v) is 5.44. The zero-order valence-electron chi connectivity index (χ0n) is 17.8. The van der Waals surface area contributed by atoms with Crippen LogP contribution in [0.5, 0.6) is 5.75 Å². The maximum absolute atomic E-state index is 12.7. The lowest BCUT2D eigenvalue weighted by molar-refractivity contribution is 0.283. The molecule has 0 radical (unpaired) electrons. The van der Waals surface area contributed by atoms with Gasteiger partial charge in [-0.05, 0) is 32.0 Å². The molecule has 7 nitrogen and oxygen atoms in total. The van der Waals surface area contributed by atoms with Gasteiger partial charge in [0.25, 0.3) is 5.56 Å². The normalized spacial score (nSPS) is 18.3. The molecule has 3 aromatic rings. The van der Waals surface area contributed by atoms with E-state index in [1.54, 1.807) is 37.2 Å². The van der Waals surface area contributed by atoms with Gasteiger partial charge in [0.2, 0.25) is 5.95 Å². The Bertz CT molecular complexity index is 1090. The predicted molar refractivity (Wildman–Crippen MR) is 118 cm³/mol. The first kappa shape index (κ1) is 20.1. The summed E-state index contributed by atoms with van der Waals surface area (Å²) in [6.45, 7) is 5.71. The molecule has 1 unspecified atom stereocenters. The van der Waals surface area contributed by atoms with Crippen LogP contribution in [-0.2, 0) is 7.05 Å². The summed E-state index contributed by atoms with van der Waals surface area (Å²) in [7, 11) is 3.46. The standard InChI is InChI=1S/C23H27N5O2/c1-23(2)15-28(14-19(26-23)17-7-5-6-8-20(17)30-4)22-25-18(13-21(29)27(22)3)16-9-11-24-12-10-16/h5-13,19,26H,14-15H2,1-4H3. The van der Waals surface area contributed by atoms with Crippen LogP contribution in [0.15, 0.2) is 59.7 Å². The Morgan fingerprint density at radius 3 is 2.63 bits per heavy atom. The van der Waals surface area contributed by atoms with Crippen LogP contribution in [0.1, 0.15) is 25.5 Å². The lowest BCUT2D eigenvalue weighted by Gasteiger charge is -2.45. The number of hydrogen-bond donors (Lipinski definition) is 1. The van der Waals surface area contributed by atoms with Crippen molar-refractivity contribution in [3.8, 4) is 17.0 Å². The molecule has 4 rings (SSSR count). The number of para-hydroxylation sites is 1. The summed E-state index contributed by atoms with van der Waals surface area (Å²) in [5, 5.41) is 3.72. The average Bonchev–Trinajstić information content (AvgIpc) is 2.75. The Hall–Kier alpha value is -3.19. The Morgan fingerprint density at radius 1 is 1.17 bits per heavy atom. The number of methoxy groups -OCH3 is 1. The Kier molecular flexibility index (Phi) is 5.30. The van der Waals surface area contributed by atoms with E-state index in [1.165, 1.54) is 0 Å². The Labute approximate surface area is 176 Å². The van der Waals surface area contributed by atoms with E-state index in [-0.39, 0.29) is 17.1 Å². The van der Waals surface area contributed by atoms with Crippen LogP contribution < -0.4 is 20.5 Å². The second kappa shape index (κ2) is 7.91. The number of piperazine rings is 1. The molecule has 1 fully saturated rings. The first-order valence-corrected chi connectivity index (χ1v) is 10.0. The van der Waals surface area contributed by atoms with E-state index >= 15 is 0 Å². The highest BCUT2D eigenvalue weighted by Gasteiger charge is 2.35. The van der Waals surface area contributed by atoms with Gasteiger partial charge in [0.05, 0.1) is 18.8 Å². The molecule has 1 aromatic carbocycles. The van der Waals surface area contributed by atoms with Crippen LogP contribution >= 0.6 is 0 Å². The highest BCUT2D eigenvalue weighted by atomic mass is 16.5. The molecule has 1 N–H and O–H groups in total. The summed E-state index contributed by atoms with van der Waals surface area (Å²) in [5.74, 6) is 1.50. The van der Waals surface area contributed by atoms with Gasteiger partial charge in [-0.25, -0.2) is 4.98 Å². The number of nitrogens with one attached hydrogen (secondary N) is 1. The van der Waals surface area contributed by atoms with E-state index in [1.807, 2.05) is 30.3 Å². The van der Waals surface area contributed by atoms with Crippen LogP contribution in [0.4, 0.5) is 5.95 Å². The van der Waals surface area contributed by atoms with Crippen LogP contribution in [0.3, 0.4) is 0 Å². The van der Waals surface area contributed by atoms with Gasteiger partial charge in [0, 0.05) is 55.3 Å². The molecule has 2 aromatic heterocycles. The molecule has 30 heavy (non-hydrogen) atoms. The molecule has 0 aliphatic carbocycles. The smallest absolute Gasteiger partial charge is 0.255 e. The Balaban J connectivity index is 1.76. The zero-order chi connectivity index (χ0) is 21.3. The van der Waals surface area contributed by atoms with Gasteiger partial charge >= 0.3 is 0 Å². The maximum Gasteiger partial charge on any atom is 0.255 e. The number of benzene rings is 1. The fourth-order valence-corrected chi connectivity index (χ4v) is 4.09. The van der Waals surface area contributed by atoms with Crippen molar-refractivity contribution in [3.63, 3.8) is 0 Å². The summed E-state index contributed by atoms with van der Waals surface area (Å²) in [4.78, 5) is 23.8. The number of hydrogen-bond acceptors (Lipinski definition) is 6. The molecule has 3 heterocycles. The topological polar surface area (TPSA) is 72.3 Å². The minimum Gasteiger partial charge on any atom is -0.496 e. The van der Waals surface area contributed by atoms with E-state index in [2.05, 4.69) is 35.1 Å². The van der Waals surface area contributed by atoms with Crippen molar-refractivity contribution in [2.45, 2.75) is 25.4 Å². The first-order chi connectivity index (χ1) is 14.4. The number of rotatable bonds is 4. The lowest BCUT2D eigenvalue weighted by Crippen LogP contribution is -2.59. The van der Waals surface area contributed by atoms with Crippen molar-refractivity contribution < 1.29 is 4.74 Å². The summed E-state index contributed by atoms with van der Waals surface area (Å²) >= 11 is 0. The summed E-state index contributed by atoms with van der Waals surface area (Å²) in [5.41, 5.74) is 2.35. The van der Waals surface area contributed by atoms with Gasteiger partial charge in [-0.1, -0.05) is 18.2 Å². The van der Waals surface area contributed by atoms with E-state index in [4.69, 9.17) is 9.72 Å². The molecule has 156 valence electrons. The highest BCUT2D eigenvalue weighted by Crippen LogP contribution is 2.32. The van der Waals surface area contributed by atoms with Crippen LogP contribution in [0, 0.1) is 0 Å². The zero-order valence-corrected chi connectivity index (χ0v) is 17.8. The largest absolute Gasteiger partial charge is 0.496 e. The minimum atomic E-state index is -0.186. The monoisotopic (exact) mass is 405 g/mol. The molecule has 0 amide bonds. The molecule has 0 bridgehead atoms. The third kappa shape index (κ3) is 3.93. The number of pyridine rings is 1. The number of nitrogens with zero attached hydrogens (tertiary/aromatic N) is 4. The van der Waals surface area contributed by atoms with E-state index in [9.17, 15) is 4.79 Å². The third-order valence-electron chi connectivity index (χ3n) is 5.44. The summed E-state index contributed by atoms with van der Waals surface area (Å²) in [6.07, 6.45) is 3.42. The van der Waals surface area contributed by atoms with Gasteiger partial charge in [0.15, 0.2) is 0 Å². The van der Waals surface area contributed by atoms with Gasteiger partial charge in [-0.15, -0.1) is 0 Å². The van der Waals surface area contributed by atoms with E-state index in [0.29, 0.717) is 18.2 Å². The van der Waals surface area contributed by atoms with Crippen molar-refractivity contribution in [2.24, 2.45) is 7.05 Å². The molecule has 1 aliphatic rings. The molecule has 0 saturated carbocycles. The van der Waals surface area contributed by atoms with E-state index in [0.717, 1.165) is 23.4 Å². The number of anilines is 1. The number of ether oxygens (including phenoxy) is 1. The average molecular weight is 406 g/mol. The van der Waals surface area contributed by atoms with Crippen LogP contribution in [0.25, 0.3) is 11.3 Å². The fraction of sp³-hybridized carbons (Fsp3) is 0.348. The summed E-state index contributed by atoms with van der Waals surface area (Å²) < 4.78 is 7.21. The van der Waals surface area contributed by atoms with Gasteiger partial charge in [-0.2, -0.15) is 0 Å². The molecular weight excluding hydrogens is 378 g/mol. The van der Waals surface area contributed by atoms with Crippen LogP contribution in [-0.4, -0.2) is 40.3 Å². The van der Waals surface area contributed by atoms with Crippen molar-refractivity contribution >= 4 is 5.95 Å². The van der Waals surface area contributed by atoms with Crippen molar-refractivity contribution in [2.75, 3.05) is 25.1 Å². The molecule has 1 aliphatic heterocycles. The van der Waals surface area contributed by atoms with Crippen LogP contribution in [0.2, 0.25) is 0 Å². The van der Waals surface area contributed by atoms with Gasteiger partial charge in [-0.3, -0.25) is 14.3 Å². The fourth-order valence-electron chi connectivity index (χ4n) is 4.09.